The van der Waals surface area contributed by atoms with Gasteiger partial charge in [-0.2, -0.15) is 0 Å². The number of hydrogen-bond acceptors (Lipinski definition) is 2. The van der Waals surface area contributed by atoms with Crippen LogP contribution < -0.4 is 0 Å². The molecule has 0 saturated carbocycles. The Morgan fingerprint density at radius 2 is 2.06 bits per heavy atom. The fourth-order valence-corrected chi connectivity index (χ4v) is 3.78. The summed E-state index contributed by atoms with van der Waals surface area (Å²) in [6.45, 7) is 4.09. The lowest BCUT2D eigenvalue weighted by Crippen LogP contribution is -2.02. The lowest BCUT2D eigenvalue weighted by atomic mass is 9.99. The molecule has 1 aromatic heterocycles. The van der Waals surface area contributed by atoms with Crippen molar-refractivity contribution >= 4 is 17.1 Å². The van der Waals surface area contributed by atoms with Gasteiger partial charge in [-0.05, 0) is 55.9 Å². The molecule has 0 unspecified atom stereocenters. The van der Waals surface area contributed by atoms with Crippen molar-refractivity contribution in [1.82, 2.24) is 0 Å². The van der Waals surface area contributed by atoms with Crippen LogP contribution in [0.4, 0.5) is 0 Å². The van der Waals surface area contributed by atoms with Crippen LogP contribution in [0, 0.1) is 13.8 Å². The van der Waals surface area contributed by atoms with Crippen molar-refractivity contribution in [3.05, 3.63) is 56.3 Å². The largest absolute Gasteiger partial charge is 0.288 e. The molecule has 1 nitrogen and oxygen atoms in total. The monoisotopic (exact) mass is 256 g/mol. The third-order valence-corrected chi connectivity index (χ3v) is 5.06. The number of aryl methyl sites for hydroxylation is 3. The summed E-state index contributed by atoms with van der Waals surface area (Å²) < 4.78 is 0. The lowest BCUT2D eigenvalue weighted by Gasteiger charge is -2.06. The molecule has 92 valence electrons. The molecule has 0 saturated heterocycles. The molecule has 1 aliphatic carbocycles. The third kappa shape index (κ3) is 1.81. The van der Waals surface area contributed by atoms with Crippen molar-refractivity contribution in [2.24, 2.45) is 0 Å². The van der Waals surface area contributed by atoms with E-state index in [1.807, 2.05) is 19.1 Å². The van der Waals surface area contributed by atoms with E-state index >= 15 is 0 Å². The number of benzene rings is 1. The Kier molecular flexibility index (Phi) is 2.83. The van der Waals surface area contributed by atoms with Gasteiger partial charge in [0.05, 0.1) is 4.88 Å². The van der Waals surface area contributed by atoms with E-state index in [0.29, 0.717) is 0 Å². The van der Waals surface area contributed by atoms with E-state index in [2.05, 4.69) is 19.1 Å². The predicted molar refractivity (Wildman–Crippen MR) is 75.7 cm³/mol. The maximum atomic E-state index is 12.5. The molecule has 0 spiro atoms. The van der Waals surface area contributed by atoms with Gasteiger partial charge in [0, 0.05) is 10.4 Å². The standard InChI is InChI=1S/C16H16OS/c1-10-5-3-7-13(11(10)2)16(17)15-9-12-6-4-8-14(12)18-15/h3,5,7,9H,4,6,8H2,1-2H3. The highest BCUT2D eigenvalue weighted by Crippen LogP contribution is 2.32. The van der Waals surface area contributed by atoms with E-state index in [4.69, 9.17) is 0 Å². The zero-order valence-corrected chi connectivity index (χ0v) is 11.6. The zero-order chi connectivity index (χ0) is 12.7. The summed E-state index contributed by atoms with van der Waals surface area (Å²) in [5, 5.41) is 0. The normalized spacial score (nSPS) is 13.7. The quantitative estimate of drug-likeness (QED) is 0.740. The van der Waals surface area contributed by atoms with Gasteiger partial charge in [0.2, 0.25) is 5.78 Å². The first kappa shape index (κ1) is 11.7. The van der Waals surface area contributed by atoms with E-state index in [0.717, 1.165) is 28.8 Å². The summed E-state index contributed by atoms with van der Waals surface area (Å²) in [5.74, 6) is 0.190. The van der Waals surface area contributed by atoms with Crippen LogP contribution in [0.2, 0.25) is 0 Å². The third-order valence-electron chi connectivity index (χ3n) is 3.82. The van der Waals surface area contributed by atoms with Crippen molar-refractivity contribution in [2.75, 3.05) is 0 Å². The summed E-state index contributed by atoms with van der Waals surface area (Å²) in [5.41, 5.74) is 4.55. The summed E-state index contributed by atoms with van der Waals surface area (Å²) in [7, 11) is 0. The second-order valence-corrected chi connectivity index (χ2v) is 6.13. The fourth-order valence-electron chi connectivity index (χ4n) is 2.57. The van der Waals surface area contributed by atoms with Gasteiger partial charge in [-0.25, -0.2) is 0 Å². The van der Waals surface area contributed by atoms with Gasteiger partial charge in [0.1, 0.15) is 0 Å². The Hall–Kier alpha value is -1.41. The van der Waals surface area contributed by atoms with Crippen LogP contribution in [0.1, 0.15) is 43.2 Å². The molecule has 0 atom stereocenters. The number of hydrogen-bond donors (Lipinski definition) is 0. The minimum atomic E-state index is 0.190. The topological polar surface area (TPSA) is 17.1 Å². The maximum Gasteiger partial charge on any atom is 0.203 e. The van der Waals surface area contributed by atoms with Crippen molar-refractivity contribution in [3.63, 3.8) is 0 Å². The molecule has 0 radical (unpaired) electrons. The molecule has 0 bridgehead atoms. The molecule has 1 heterocycles. The molecule has 2 heteroatoms. The fraction of sp³-hybridized carbons (Fsp3) is 0.312. The smallest absolute Gasteiger partial charge is 0.203 e. The minimum absolute atomic E-state index is 0.190. The second-order valence-electron chi connectivity index (χ2n) is 4.99. The number of rotatable bonds is 2. The summed E-state index contributed by atoms with van der Waals surface area (Å²) >= 11 is 1.69. The number of carbonyl (C=O) groups excluding carboxylic acids is 1. The second kappa shape index (κ2) is 4.36. The summed E-state index contributed by atoms with van der Waals surface area (Å²) in [6, 6.07) is 8.07. The molecular formula is C16H16OS. The Labute approximate surface area is 111 Å². The number of carbonyl (C=O) groups is 1. The molecule has 1 aliphatic rings. The van der Waals surface area contributed by atoms with Crippen LogP contribution in [0.3, 0.4) is 0 Å². The van der Waals surface area contributed by atoms with E-state index < -0.39 is 0 Å². The van der Waals surface area contributed by atoms with Crippen LogP contribution in [0.5, 0.6) is 0 Å². The lowest BCUT2D eigenvalue weighted by molar-refractivity contribution is 0.104. The van der Waals surface area contributed by atoms with Crippen molar-refractivity contribution in [3.8, 4) is 0 Å². The minimum Gasteiger partial charge on any atom is -0.288 e. The van der Waals surface area contributed by atoms with Crippen LogP contribution in [0.15, 0.2) is 24.3 Å². The zero-order valence-electron chi connectivity index (χ0n) is 10.7. The molecule has 1 aromatic carbocycles. The van der Waals surface area contributed by atoms with E-state index in [1.165, 1.54) is 22.4 Å². The highest BCUT2D eigenvalue weighted by Gasteiger charge is 2.20. The van der Waals surface area contributed by atoms with Crippen molar-refractivity contribution < 1.29 is 4.79 Å². The molecular weight excluding hydrogens is 240 g/mol. The molecule has 0 aliphatic heterocycles. The van der Waals surface area contributed by atoms with Crippen LogP contribution in [-0.2, 0) is 12.8 Å². The van der Waals surface area contributed by atoms with E-state index in [-0.39, 0.29) is 5.78 Å². The number of thiophene rings is 1. The van der Waals surface area contributed by atoms with Gasteiger partial charge < -0.3 is 0 Å². The van der Waals surface area contributed by atoms with E-state index in [1.54, 1.807) is 11.3 Å². The van der Waals surface area contributed by atoms with Gasteiger partial charge in [0.25, 0.3) is 0 Å². The first-order chi connectivity index (χ1) is 8.66. The SMILES string of the molecule is Cc1cccc(C(=O)c2cc3c(s2)CCC3)c1C. The van der Waals surface area contributed by atoms with Crippen LogP contribution >= 0.6 is 11.3 Å². The highest BCUT2D eigenvalue weighted by atomic mass is 32.1. The average molecular weight is 256 g/mol. The van der Waals surface area contributed by atoms with Crippen molar-refractivity contribution in [2.45, 2.75) is 33.1 Å². The Morgan fingerprint density at radius 1 is 1.22 bits per heavy atom. The van der Waals surface area contributed by atoms with Gasteiger partial charge in [-0.15, -0.1) is 11.3 Å². The van der Waals surface area contributed by atoms with Crippen LogP contribution in [0.25, 0.3) is 0 Å². The number of ketones is 1. The molecule has 0 fully saturated rings. The van der Waals surface area contributed by atoms with Crippen molar-refractivity contribution in [1.29, 1.82) is 0 Å². The van der Waals surface area contributed by atoms with Gasteiger partial charge in [-0.3, -0.25) is 4.79 Å². The molecule has 0 N–H and O–H groups in total. The molecule has 0 amide bonds. The molecule has 2 aromatic rings. The summed E-state index contributed by atoms with van der Waals surface area (Å²) in [6.07, 6.45) is 3.55. The number of fused-ring (bicyclic) bond motifs is 1. The molecule has 3 rings (SSSR count). The van der Waals surface area contributed by atoms with Gasteiger partial charge in [0.15, 0.2) is 0 Å². The Bertz CT molecular complexity index is 601. The predicted octanol–water partition coefficient (Wildman–Crippen LogP) is 4.08. The maximum absolute atomic E-state index is 12.5. The average Bonchev–Trinajstić information content (AvgIpc) is 2.92. The summed E-state index contributed by atoms with van der Waals surface area (Å²) in [4.78, 5) is 14.9. The van der Waals surface area contributed by atoms with Crippen LogP contribution in [-0.4, -0.2) is 5.78 Å². The Balaban J connectivity index is 2.01. The Morgan fingerprint density at radius 3 is 2.83 bits per heavy atom. The first-order valence-electron chi connectivity index (χ1n) is 6.39. The first-order valence-corrected chi connectivity index (χ1v) is 7.21. The van der Waals surface area contributed by atoms with Gasteiger partial charge >= 0.3 is 0 Å². The highest BCUT2D eigenvalue weighted by molar-refractivity contribution is 7.14. The molecule has 18 heavy (non-hydrogen) atoms. The van der Waals surface area contributed by atoms with Gasteiger partial charge in [-0.1, -0.05) is 18.2 Å². The van der Waals surface area contributed by atoms with E-state index in [9.17, 15) is 4.79 Å².